The second kappa shape index (κ2) is 6.74. The van der Waals surface area contributed by atoms with E-state index in [4.69, 9.17) is 5.73 Å². The number of fused-ring (bicyclic) bond motifs is 1. The number of imidazole rings is 1. The number of halogens is 1. The SMILES string of the molecule is Cc1nc2nc(-c3cc(-c4nccs4)n(Cc4ccccc4F)n3)nc(N)c2[nH]1. The van der Waals surface area contributed by atoms with Crippen molar-refractivity contribution in [2.75, 3.05) is 5.73 Å². The number of nitrogens with two attached hydrogens (primary N) is 1. The monoisotopic (exact) mass is 406 g/mol. The summed E-state index contributed by atoms with van der Waals surface area (Å²) in [5, 5.41) is 7.27. The predicted octanol–water partition coefficient (Wildman–Crippen LogP) is 3.42. The van der Waals surface area contributed by atoms with Gasteiger partial charge in [-0.15, -0.1) is 11.3 Å². The van der Waals surface area contributed by atoms with Crippen molar-refractivity contribution >= 4 is 28.3 Å². The van der Waals surface area contributed by atoms with Crippen molar-refractivity contribution in [2.24, 2.45) is 0 Å². The number of benzene rings is 1. The molecule has 4 aromatic heterocycles. The summed E-state index contributed by atoms with van der Waals surface area (Å²) in [4.78, 5) is 20.6. The molecule has 8 nitrogen and oxygen atoms in total. The molecule has 144 valence electrons. The highest BCUT2D eigenvalue weighted by atomic mass is 32.1. The Morgan fingerprint density at radius 2 is 2.07 bits per heavy atom. The fraction of sp³-hybridized carbons (Fsp3) is 0.105. The van der Waals surface area contributed by atoms with Crippen LogP contribution in [0.5, 0.6) is 0 Å². The van der Waals surface area contributed by atoms with Crippen molar-refractivity contribution < 1.29 is 4.39 Å². The highest BCUT2D eigenvalue weighted by molar-refractivity contribution is 7.13. The van der Waals surface area contributed by atoms with Crippen molar-refractivity contribution in [3.05, 3.63) is 59.1 Å². The number of H-pyrrole nitrogens is 1. The molecule has 29 heavy (non-hydrogen) atoms. The second-order valence-corrected chi connectivity index (χ2v) is 7.35. The molecule has 3 N–H and O–H groups in total. The van der Waals surface area contributed by atoms with E-state index in [1.165, 1.54) is 17.4 Å². The number of aromatic amines is 1. The number of hydrogen-bond acceptors (Lipinski definition) is 7. The third-order valence-corrected chi connectivity index (χ3v) is 5.23. The Morgan fingerprint density at radius 1 is 1.21 bits per heavy atom. The highest BCUT2D eigenvalue weighted by Gasteiger charge is 2.18. The van der Waals surface area contributed by atoms with E-state index in [1.807, 2.05) is 18.4 Å². The topological polar surface area (TPSA) is 111 Å². The van der Waals surface area contributed by atoms with Gasteiger partial charge < -0.3 is 10.7 Å². The molecule has 0 fully saturated rings. The van der Waals surface area contributed by atoms with Crippen LogP contribution in [0.4, 0.5) is 10.2 Å². The van der Waals surface area contributed by atoms with E-state index in [1.54, 1.807) is 29.1 Å². The van der Waals surface area contributed by atoms with E-state index in [2.05, 4.69) is 30.0 Å². The molecule has 0 atom stereocenters. The average Bonchev–Trinajstić information content (AvgIpc) is 3.42. The Bertz CT molecular complexity index is 1320. The number of nitrogen functional groups attached to an aromatic ring is 1. The van der Waals surface area contributed by atoms with Crippen LogP contribution < -0.4 is 5.73 Å². The first-order valence-corrected chi connectivity index (χ1v) is 9.68. The molecule has 0 aliphatic carbocycles. The van der Waals surface area contributed by atoms with Crippen LogP contribution in [0.2, 0.25) is 0 Å². The van der Waals surface area contributed by atoms with Gasteiger partial charge in [0.15, 0.2) is 17.3 Å². The zero-order valence-electron chi connectivity index (χ0n) is 15.3. The summed E-state index contributed by atoms with van der Waals surface area (Å²) in [6.45, 7) is 2.07. The van der Waals surface area contributed by atoms with Crippen molar-refractivity contribution in [2.45, 2.75) is 13.5 Å². The zero-order valence-corrected chi connectivity index (χ0v) is 16.1. The van der Waals surface area contributed by atoms with Crippen LogP contribution in [0.3, 0.4) is 0 Å². The fourth-order valence-corrected chi connectivity index (χ4v) is 3.76. The van der Waals surface area contributed by atoms with Gasteiger partial charge in [-0.3, -0.25) is 4.68 Å². The number of aromatic nitrogens is 7. The number of nitrogens with zero attached hydrogens (tertiary/aromatic N) is 6. The van der Waals surface area contributed by atoms with E-state index in [0.29, 0.717) is 39.9 Å². The molecule has 0 saturated carbocycles. The Labute approximate surface area is 168 Å². The molecule has 4 heterocycles. The summed E-state index contributed by atoms with van der Waals surface area (Å²) in [7, 11) is 0. The second-order valence-electron chi connectivity index (χ2n) is 6.45. The van der Waals surface area contributed by atoms with E-state index < -0.39 is 0 Å². The Morgan fingerprint density at radius 3 is 2.86 bits per heavy atom. The zero-order chi connectivity index (χ0) is 20.0. The van der Waals surface area contributed by atoms with Crippen LogP contribution in [0.1, 0.15) is 11.4 Å². The number of nitrogens with one attached hydrogen (secondary N) is 1. The number of aryl methyl sites for hydroxylation is 1. The molecule has 5 rings (SSSR count). The van der Waals surface area contributed by atoms with Gasteiger partial charge in [-0.1, -0.05) is 18.2 Å². The van der Waals surface area contributed by atoms with Crippen LogP contribution in [-0.2, 0) is 6.54 Å². The Balaban J connectivity index is 1.64. The lowest BCUT2D eigenvalue weighted by Gasteiger charge is -2.06. The van der Waals surface area contributed by atoms with Gasteiger partial charge in [0.05, 0.1) is 12.2 Å². The van der Waals surface area contributed by atoms with Crippen LogP contribution in [0.15, 0.2) is 41.9 Å². The summed E-state index contributed by atoms with van der Waals surface area (Å²) >= 11 is 1.47. The first-order chi connectivity index (χ1) is 14.1. The summed E-state index contributed by atoms with van der Waals surface area (Å²) in [5.74, 6) is 1.06. The van der Waals surface area contributed by atoms with Gasteiger partial charge in [0.1, 0.15) is 27.9 Å². The maximum absolute atomic E-state index is 14.2. The quantitative estimate of drug-likeness (QED) is 0.473. The minimum Gasteiger partial charge on any atom is -0.382 e. The summed E-state index contributed by atoms with van der Waals surface area (Å²) in [6, 6.07) is 8.45. The molecule has 0 aliphatic rings. The van der Waals surface area contributed by atoms with Gasteiger partial charge >= 0.3 is 0 Å². The Hall–Kier alpha value is -3.66. The van der Waals surface area contributed by atoms with Gasteiger partial charge in [-0.2, -0.15) is 5.10 Å². The van der Waals surface area contributed by atoms with Crippen molar-refractivity contribution in [3.8, 4) is 22.2 Å². The van der Waals surface area contributed by atoms with E-state index in [0.717, 1.165) is 10.7 Å². The molecule has 0 spiro atoms. The van der Waals surface area contributed by atoms with Crippen LogP contribution in [0.25, 0.3) is 33.4 Å². The van der Waals surface area contributed by atoms with Gasteiger partial charge in [-0.05, 0) is 19.1 Å². The van der Waals surface area contributed by atoms with Crippen LogP contribution in [-0.4, -0.2) is 34.7 Å². The van der Waals surface area contributed by atoms with Crippen LogP contribution in [0, 0.1) is 12.7 Å². The molecular weight excluding hydrogens is 391 g/mol. The molecule has 1 aromatic carbocycles. The third kappa shape index (κ3) is 3.13. The van der Waals surface area contributed by atoms with Crippen molar-refractivity contribution in [1.82, 2.24) is 34.7 Å². The molecule has 0 aliphatic heterocycles. The van der Waals surface area contributed by atoms with E-state index in [9.17, 15) is 4.39 Å². The molecule has 5 aromatic rings. The fourth-order valence-electron chi connectivity index (χ4n) is 3.11. The van der Waals surface area contributed by atoms with Gasteiger partial charge in [0.25, 0.3) is 0 Å². The van der Waals surface area contributed by atoms with Crippen LogP contribution >= 0.6 is 11.3 Å². The van der Waals surface area contributed by atoms with Crippen molar-refractivity contribution in [1.29, 1.82) is 0 Å². The largest absolute Gasteiger partial charge is 0.382 e. The number of hydrogen-bond donors (Lipinski definition) is 2. The first-order valence-electron chi connectivity index (χ1n) is 8.80. The molecule has 0 bridgehead atoms. The van der Waals surface area contributed by atoms with Crippen molar-refractivity contribution in [3.63, 3.8) is 0 Å². The standard InChI is InChI=1S/C19H15FN8S/c1-10-23-15-16(21)25-17(26-18(15)24-10)13-8-14(19-22-6-7-29-19)28(27-13)9-11-4-2-3-5-12(11)20/h2-8H,9H2,1H3,(H3,21,23,24,25,26). The lowest BCUT2D eigenvalue weighted by Crippen LogP contribution is -2.06. The molecule has 0 saturated heterocycles. The number of thiazole rings is 1. The molecule has 0 radical (unpaired) electrons. The number of rotatable bonds is 4. The first kappa shape index (κ1) is 17.4. The third-order valence-electron chi connectivity index (χ3n) is 4.44. The van der Waals surface area contributed by atoms with E-state index in [-0.39, 0.29) is 12.4 Å². The minimum atomic E-state index is -0.288. The molecular formula is C19H15FN8S. The lowest BCUT2D eigenvalue weighted by atomic mass is 10.2. The van der Waals surface area contributed by atoms with Gasteiger partial charge in [0.2, 0.25) is 0 Å². The number of anilines is 1. The average molecular weight is 406 g/mol. The smallest absolute Gasteiger partial charge is 0.184 e. The van der Waals surface area contributed by atoms with Gasteiger partial charge in [0, 0.05) is 17.1 Å². The maximum Gasteiger partial charge on any atom is 0.184 e. The molecule has 0 amide bonds. The normalized spacial score (nSPS) is 11.4. The summed E-state index contributed by atoms with van der Waals surface area (Å²) < 4.78 is 15.9. The minimum absolute atomic E-state index is 0.251. The van der Waals surface area contributed by atoms with E-state index >= 15 is 0 Å². The predicted molar refractivity (Wildman–Crippen MR) is 109 cm³/mol. The maximum atomic E-state index is 14.2. The molecule has 10 heteroatoms. The van der Waals surface area contributed by atoms with Gasteiger partial charge in [-0.25, -0.2) is 24.3 Å². The lowest BCUT2D eigenvalue weighted by molar-refractivity contribution is 0.587. The summed E-state index contributed by atoms with van der Waals surface area (Å²) in [6.07, 6.45) is 1.72. The Kier molecular flexibility index (Phi) is 4.06. The molecule has 0 unspecified atom stereocenters. The highest BCUT2D eigenvalue weighted by Crippen LogP contribution is 2.28. The summed E-state index contributed by atoms with van der Waals surface area (Å²) in [5.41, 5.74) is 8.93.